The third kappa shape index (κ3) is 4.73. The van der Waals surface area contributed by atoms with Crippen molar-refractivity contribution >= 4 is 56.9 Å². The molecular weight excluding hydrogens is 412 g/mol. The summed E-state index contributed by atoms with van der Waals surface area (Å²) in [4.78, 5) is 30.3. The zero-order valence-corrected chi connectivity index (χ0v) is 16.8. The predicted molar refractivity (Wildman–Crippen MR) is 114 cm³/mol. The normalized spacial score (nSPS) is 14.0. The molecule has 0 aliphatic carbocycles. The SMILES string of the molecule is O=C(Nc1ccc(Cl)cc1)c1csc(Nc2ccc(N3CCOCC3=O)cc2)n1. The van der Waals surface area contributed by atoms with Gasteiger partial charge in [-0.05, 0) is 48.5 Å². The predicted octanol–water partition coefficient (Wildman–Crippen LogP) is 4.16. The number of hydrogen-bond acceptors (Lipinski definition) is 6. The Labute approximate surface area is 176 Å². The van der Waals surface area contributed by atoms with Crippen LogP contribution in [0.2, 0.25) is 5.02 Å². The van der Waals surface area contributed by atoms with Crippen molar-refractivity contribution < 1.29 is 14.3 Å². The van der Waals surface area contributed by atoms with E-state index in [1.807, 2.05) is 24.3 Å². The molecule has 29 heavy (non-hydrogen) atoms. The third-order valence-corrected chi connectivity index (χ3v) is 5.26. The summed E-state index contributed by atoms with van der Waals surface area (Å²) in [6.45, 7) is 1.19. The lowest BCUT2D eigenvalue weighted by molar-refractivity contribution is -0.125. The number of nitrogens with zero attached hydrogens (tertiary/aromatic N) is 2. The lowest BCUT2D eigenvalue weighted by atomic mass is 10.2. The van der Waals surface area contributed by atoms with Gasteiger partial charge < -0.3 is 20.3 Å². The molecule has 1 aliphatic heterocycles. The zero-order valence-electron chi connectivity index (χ0n) is 15.2. The van der Waals surface area contributed by atoms with Gasteiger partial charge in [-0.25, -0.2) is 4.98 Å². The maximum absolute atomic E-state index is 12.3. The second-order valence-electron chi connectivity index (χ2n) is 6.27. The highest BCUT2D eigenvalue weighted by molar-refractivity contribution is 7.14. The highest BCUT2D eigenvalue weighted by Gasteiger charge is 2.20. The maximum atomic E-state index is 12.3. The summed E-state index contributed by atoms with van der Waals surface area (Å²) >= 11 is 7.18. The smallest absolute Gasteiger partial charge is 0.275 e. The molecule has 2 aromatic carbocycles. The highest BCUT2D eigenvalue weighted by Crippen LogP contribution is 2.25. The van der Waals surface area contributed by atoms with Crippen molar-refractivity contribution in [2.75, 3.05) is 35.3 Å². The minimum absolute atomic E-state index is 0.0479. The van der Waals surface area contributed by atoms with E-state index in [1.54, 1.807) is 34.5 Å². The first-order valence-electron chi connectivity index (χ1n) is 8.86. The summed E-state index contributed by atoms with van der Waals surface area (Å²) in [5, 5.41) is 8.85. The molecule has 1 saturated heterocycles. The first kappa shape index (κ1) is 19.4. The topological polar surface area (TPSA) is 83.6 Å². The van der Waals surface area contributed by atoms with Gasteiger partial charge in [0.2, 0.25) is 0 Å². The van der Waals surface area contributed by atoms with Gasteiger partial charge in [-0.1, -0.05) is 11.6 Å². The molecule has 7 nitrogen and oxygen atoms in total. The number of amides is 2. The number of aromatic nitrogens is 1. The highest BCUT2D eigenvalue weighted by atomic mass is 35.5. The van der Waals surface area contributed by atoms with Crippen LogP contribution in [0, 0.1) is 0 Å². The van der Waals surface area contributed by atoms with E-state index in [1.165, 1.54) is 11.3 Å². The Hall–Kier alpha value is -2.94. The van der Waals surface area contributed by atoms with Gasteiger partial charge in [0.15, 0.2) is 5.13 Å². The van der Waals surface area contributed by atoms with Crippen molar-refractivity contribution in [3.8, 4) is 0 Å². The molecule has 0 bridgehead atoms. The summed E-state index contributed by atoms with van der Waals surface area (Å²) in [7, 11) is 0. The van der Waals surface area contributed by atoms with Crippen molar-refractivity contribution in [2.24, 2.45) is 0 Å². The van der Waals surface area contributed by atoms with E-state index in [0.29, 0.717) is 34.7 Å². The molecule has 0 unspecified atom stereocenters. The molecule has 1 aromatic heterocycles. The second-order valence-corrected chi connectivity index (χ2v) is 7.56. The standard InChI is InChI=1S/C20H17ClN4O3S/c21-13-1-3-14(4-2-13)22-19(27)17-12-29-20(24-17)23-15-5-7-16(8-6-15)25-9-10-28-11-18(25)26/h1-8,12H,9-11H2,(H,22,27)(H,23,24). The van der Waals surface area contributed by atoms with Crippen molar-refractivity contribution in [1.29, 1.82) is 0 Å². The van der Waals surface area contributed by atoms with Gasteiger partial charge in [0, 0.05) is 34.0 Å². The molecule has 2 heterocycles. The van der Waals surface area contributed by atoms with Crippen molar-refractivity contribution in [3.05, 3.63) is 64.6 Å². The van der Waals surface area contributed by atoms with Gasteiger partial charge in [0.1, 0.15) is 12.3 Å². The molecule has 0 atom stereocenters. The minimum atomic E-state index is -0.294. The average Bonchev–Trinajstić information content (AvgIpc) is 3.19. The minimum Gasteiger partial charge on any atom is -0.370 e. The number of thiazole rings is 1. The van der Waals surface area contributed by atoms with Gasteiger partial charge in [-0.2, -0.15) is 0 Å². The maximum Gasteiger partial charge on any atom is 0.275 e. The number of rotatable bonds is 5. The first-order valence-corrected chi connectivity index (χ1v) is 10.1. The van der Waals surface area contributed by atoms with Crippen LogP contribution in [0.5, 0.6) is 0 Å². The Balaban J connectivity index is 1.39. The molecule has 0 saturated carbocycles. The van der Waals surface area contributed by atoms with E-state index < -0.39 is 0 Å². The molecule has 148 valence electrons. The number of benzene rings is 2. The average molecular weight is 429 g/mol. The lowest BCUT2D eigenvalue weighted by Gasteiger charge is -2.26. The third-order valence-electron chi connectivity index (χ3n) is 4.25. The molecule has 0 spiro atoms. The molecular formula is C20H17ClN4O3S. The van der Waals surface area contributed by atoms with E-state index in [9.17, 15) is 9.59 Å². The largest absolute Gasteiger partial charge is 0.370 e. The molecule has 4 rings (SSSR count). The molecule has 1 aliphatic rings. The van der Waals surface area contributed by atoms with Gasteiger partial charge in [0.05, 0.1) is 6.61 Å². The van der Waals surface area contributed by atoms with Crippen LogP contribution in [-0.4, -0.2) is 36.6 Å². The van der Waals surface area contributed by atoms with E-state index in [4.69, 9.17) is 16.3 Å². The number of nitrogens with one attached hydrogen (secondary N) is 2. The van der Waals surface area contributed by atoms with Crippen LogP contribution in [-0.2, 0) is 9.53 Å². The fourth-order valence-corrected chi connectivity index (χ4v) is 3.64. The first-order chi connectivity index (χ1) is 14.1. The Morgan fingerprint density at radius 2 is 1.83 bits per heavy atom. The van der Waals surface area contributed by atoms with E-state index in [0.717, 1.165) is 11.4 Å². The van der Waals surface area contributed by atoms with Crippen LogP contribution in [0.3, 0.4) is 0 Å². The molecule has 2 amide bonds. The molecule has 2 N–H and O–H groups in total. The van der Waals surface area contributed by atoms with E-state index in [2.05, 4.69) is 15.6 Å². The number of morpholine rings is 1. The monoisotopic (exact) mass is 428 g/mol. The van der Waals surface area contributed by atoms with Crippen molar-refractivity contribution in [1.82, 2.24) is 4.98 Å². The number of halogens is 1. The van der Waals surface area contributed by atoms with Gasteiger partial charge in [0.25, 0.3) is 11.8 Å². The lowest BCUT2D eigenvalue weighted by Crippen LogP contribution is -2.41. The molecule has 0 radical (unpaired) electrons. The summed E-state index contributed by atoms with van der Waals surface area (Å²) in [6, 6.07) is 14.3. The second kappa shape index (κ2) is 8.60. The number of carbonyl (C=O) groups is 2. The van der Waals surface area contributed by atoms with E-state index in [-0.39, 0.29) is 18.4 Å². The molecule has 3 aromatic rings. The van der Waals surface area contributed by atoms with Crippen LogP contribution >= 0.6 is 22.9 Å². The number of anilines is 4. The van der Waals surface area contributed by atoms with Gasteiger partial charge >= 0.3 is 0 Å². The summed E-state index contributed by atoms with van der Waals surface area (Å²) in [6.07, 6.45) is 0. The van der Waals surface area contributed by atoms with Crippen LogP contribution in [0.1, 0.15) is 10.5 Å². The Morgan fingerprint density at radius 1 is 1.10 bits per heavy atom. The zero-order chi connectivity index (χ0) is 20.2. The van der Waals surface area contributed by atoms with Crippen molar-refractivity contribution in [3.63, 3.8) is 0 Å². The quantitative estimate of drug-likeness (QED) is 0.637. The Morgan fingerprint density at radius 3 is 2.55 bits per heavy atom. The van der Waals surface area contributed by atoms with Crippen LogP contribution in [0.15, 0.2) is 53.9 Å². The van der Waals surface area contributed by atoms with E-state index >= 15 is 0 Å². The van der Waals surface area contributed by atoms with Gasteiger partial charge in [-0.15, -0.1) is 11.3 Å². The van der Waals surface area contributed by atoms with Crippen LogP contribution < -0.4 is 15.5 Å². The number of carbonyl (C=O) groups excluding carboxylic acids is 2. The number of hydrogen-bond donors (Lipinski definition) is 2. The molecule has 9 heteroatoms. The van der Waals surface area contributed by atoms with Gasteiger partial charge in [-0.3, -0.25) is 9.59 Å². The number of ether oxygens (including phenoxy) is 1. The molecule has 1 fully saturated rings. The fourth-order valence-electron chi connectivity index (χ4n) is 2.80. The Bertz CT molecular complexity index is 1020. The van der Waals surface area contributed by atoms with Crippen LogP contribution in [0.4, 0.5) is 22.2 Å². The summed E-state index contributed by atoms with van der Waals surface area (Å²) < 4.78 is 5.15. The summed E-state index contributed by atoms with van der Waals surface area (Å²) in [5.74, 6) is -0.342. The van der Waals surface area contributed by atoms with Crippen LogP contribution in [0.25, 0.3) is 0 Å². The van der Waals surface area contributed by atoms with Crippen molar-refractivity contribution in [2.45, 2.75) is 0 Å². The Kier molecular flexibility index (Phi) is 5.75. The fraction of sp³-hybridized carbons (Fsp3) is 0.150. The summed E-state index contributed by atoms with van der Waals surface area (Å²) in [5.41, 5.74) is 2.61.